The summed E-state index contributed by atoms with van der Waals surface area (Å²) in [5.41, 5.74) is 1.83. The van der Waals surface area contributed by atoms with E-state index in [-0.39, 0.29) is 22.8 Å². The lowest BCUT2D eigenvalue weighted by Crippen LogP contribution is -2.29. The van der Waals surface area contributed by atoms with Gasteiger partial charge in [-0.05, 0) is 49.2 Å². The number of sulfone groups is 1. The first-order valence-corrected chi connectivity index (χ1v) is 13.3. The molecule has 0 fully saturated rings. The molecule has 188 valence electrons. The van der Waals surface area contributed by atoms with Crippen molar-refractivity contribution >= 4 is 38.4 Å². The van der Waals surface area contributed by atoms with Gasteiger partial charge in [0.2, 0.25) is 5.91 Å². The van der Waals surface area contributed by atoms with Crippen LogP contribution in [0.5, 0.6) is 0 Å². The molecular weight excluding hydrogens is 502 g/mol. The number of benzene rings is 2. The van der Waals surface area contributed by atoms with Crippen molar-refractivity contribution in [2.75, 3.05) is 6.54 Å². The highest BCUT2D eigenvalue weighted by Crippen LogP contribution is 2.17. The summed E-state index contributed by atoms with van der Waals surface area (Å²) in [4.78, 5) is 29.9. The molecule has 0 radical (unpaired) electrons. The Labute approximate surface area is 213 Å². The van der Waals surface area contributed by atoms with Gasteiger partial charge in [-0.2, -0.15) is 5.10 Å². The standard InChI is InChI=1S/C25H26ClN5O4S/c1-17(2)36(34,35)21-8-6-18(7-9-21)13-23(32)27-10-11-31-24-22(14-29-31)25(33)30(16-28-24)15-19-4-3-5-20(26)12-19/h3-9,12,14,16-17H,10-11,13,15H2,1-2H3,(H,27,32). The lowest BCUT2D eigenvalue weighted by Gasteiger charge is -2.09. The maximum absolute atomic E-state index is 12.9. The Kier molecular flexibility index (Phi) is 7.56. The summed E-state index contributed by atoms with van der Waals surface area (Å²) in [5, 5.41) is 7.56. The highest BCUT2D eigenvalue weighted by molar-refractivity contribution is 7.92. The van der Waals surface area contributed by atoms with Crippen molar-refractivity contribution in [3.8, 4) is 0 Å². The van der Waals surface area contributed by atoms with Gasteiger partial charge in [-0.25, -0.2) is 18.1 Å². The molecule has 9 nitrogen and oxygen atoms in total. The van der Waals surface area contributed by atoms with Gasteiger partial charge < -0.3 is 5.32 Å². The molecule has 0 bridgehead atoms. The van der Waals surface area contributed by atoms with Gasteiger partial charge in [-0.3, -0.25) is 14.2 Å². The van der Waals surface area contributed by atoms with Crippen LogP contribution in [0.3, 0.4) is 0 Å². The van der Waals surface area contributed by atoms with Crippen LogP contribution in [-0.2, 0) is 34.1 Å². The first kappa shape index (κ1) is 25.6. The van der Waals surface area contributed by atoms with E-state index < -0.39 is 15.1 Å². The van der Waals surface area contributed by atoms with Crippen LogP contribution in [0.4, 0.5) is 0 Å². The van der Waals surface area contributed by atoms with Crippen LogP contribution in [-0.4, -0.2) is 45.5 Å². The average Bonchev–Trinajstić information content (AvgIpc) is 3.25. The van der Waals surface area contributed by atoms with Crippen molar-refractivity contribution in [3.05, 3.63) is 87.6 Å². The second-order valence-electron chi connectivity index (χ2n) is 8.68. The third-order valence-corrected chi connectivity index (χ3v) is 8.15. The van der Waals surface area contributed by atoms with E-state index in [0.717, 1.165) is 5.56 Å². The molecule has 4 aromatic rings. The van der Waals surface area contributed by atoms with E-state index in [0.29, 0.717) is 41.3 Å². The summed E-state index contributed by atoms with van der Waals surface area (Å²) in [6.45, 7) is 4.24. The Hall–Kier alpha value is -3.50. The Bertz CT molecular complexity index is 1560. The second kappa shape index (κ2) is 10.6. The smallest absolute Gasteiger partial charge is 0.264 e. The second-order valence-corrected chi connectivity index (χ2v) is 11.6. The summed E-state index contributed by atoms with van der Waals surface area (Å²) in [7, 11) is -3.35. The molecule has 0 spiro atoms. The number of rotatable bonds is 9. The number of amides is 1. The summed E-state index contributed by atoms with van der Waals surface area (Å²) in [6, 6.07) is 13.6. The molecule has 1 N–H and O–H groups in total. The molecule has 0 atom stereocenters. The van der Waals surface area contributed by atoms with E-state index in [9.17, 15) is 18.0 Å². The van der Waals surface area contributed by atoms with Gasteiger partial charge in [0.1, 0.15) is 11.7 Å². The summed E-state index contributed by atoms with van der Waals surface area (Å²) in [6.07, 6.45) is 3.08. The minimum atomic E-state index is -3.35. The van der Waals surface area contributed by atoms with Crippen molar-refractivity contribution in [1.29, 1.82) is 0 Å². The molecule has 1 amide bonds. The Morgan fingerprint density at radius 1 is 1.11 bits per heavy atom. The maximum atomic E-state index is 12.9. The molecule has 0 saturated heterocycles. The van der Waals surface area contributed by atoms with Gasteiger partial charge in [0.15, 0.2) is 15.5 Å². The quantitative estimate of drug-likeness (QED) is 0.358. The molecule has 4 rings (SSSR count). The fourth-order valence-electron chi connectivity index (χ4n) is 3.72. The van der Waals surface area contributed by atoms with Gasteiger partial charge in [-0.1, -0.05) is 35.9 Å². The van der Waals surface area contributed by atoms with Crippen LogP contribution in [0.15, 0.2) is 70.7 Å². The van der Waals surface area contributed by atoms with Crippen molar-refractivity contribution in [3.63, 3.8) is 0 Å². The van der Waals surface area contributed by atoms with E-state index in [1.807, 2.05) is 12.1 Å². The molecule has 0 aliphatic rings. The minimum absolute atomic E-state index is 0.119. The predicted molar refractivity (Wildman–Crippen MR) is 138 cm³/mol. The zero-order valence-electron chi connectivity index (χ0n) is 19.9. The van der Waals surface area contributed by atoms with E-state index in [2.05, 4.69) is 15.4 Å². The zero-order chi connectivity index (χ0) is 25.9. The SMILES string of the molecule is CC(C)S(=O)(=O)c1ccc(CC(=O)NCCn2ncc3c(=O)n(Cc4cccc(Cl)c4)cnc32)cc1. The van der Waals surface area contributed by atoms with Gasteiger partial charge in [-0.15, -0.1) is 0 Å². The topological polar surface area (TPSA) is 116 Å². The highest BCUT2D eigenvalue weighted by Gasteiger charge is 2.19. The number of nitrogens with zero attached hydrogens (tertiary/aromatic N) is 4. The van der Waals surface area contributed by atoms with Crippen LogP contribution in [0.25, 0.3) is 11.0 Å². The van der Waals surface area contributed by atoms with Crippen molar-refractivity contribution in [2.24, 2.45) is 0 Å². The number of carbonyl (C=O) groups is 1. The number of carbonyl (C=O) groups excluding carboxylic acids is 1. The lowest BCUT2D eigenvalue weighted by molar-refractivity contribution is -0.120. The summed E-state index contributed by atoms with van der Waals surface area (Å²) < 4.78 is 27.5. The monoisotopic (exact) mass is 527 g/mol. The fourth-order valence-corrected chi connectivity index (χ4v) is 5.00. The fraction of sp³-hybridized carbons (Fsp3) is 0.280. The van der Waals surface area contributed by atoms with E-state index in [1.165, 1.54) is 29.2 Å². The van der Waals surface area contributed by atoms with Gasteiger partial charge >= 0.3 is 0 Å². The van der Waals surface area contributed by atoms with Crippen molar-refractivity contribution < 1.29 is 13.2 Å². The number of halogens is 1. The third kappa shape index (κ3) is 5.66. The average molecular weight is 528 g/mol. The van der Waals surface area contributed by atoms with Crippen LogP contribution in [0.1, 0.15) is 25.0 Å². The molecule has 2 aromatic carbocycles. The van der Waals surface area contributed by atoms with Gasteiger partial charge in [0.05, 0.1) is 35.9 Å². The molecule has 2 heterocycles. The molecule has 0 unspecified atom stereocenters. The minimum Gasteiger partial charge on any atom is -0.354 e. The molecule has 0 saturated carbocycles. The van der Waals surface area contributed by atoms with E-state index in [1.54, 1.807) is 42.8 Å². The van der Waals surface area contributed by atoms with Crippen LogP contribution in [0.2, 0.25) is 5.02 Å². The first-order valence-electron chi connectivity index (χ1n) is 11.4. The summed E-state index contributed by atoms with van der Waals surface area (Å²) >= 11 is 6.03. The highest BCUT2D eigenvalue weighted by atomic mass is 35.5. The molecule has 2 aromatic heterocycles. The number of aromatic nitrogens is 4. The number of hydrogen-bond acceptors (Lipinski definition) is 6. The normalized spacial score (nSPS) is 11.8. The Morgan fingerprint density at radius 2 is 1.86 bits per heavy atom. The van der Waals surface area contributed by atoms with Crippen LogP contribution in [0, 0.1) is 0 Å². The van der Waals surface area contributed by atoms with E-state index >= 15 is 0 Å². The zero-order valence-corrected chi connectivity index (χ0v) is 21.5. The number of fused-ring (bicyclic) bond motifs is 1. The molecule has 0 aliphatic heterocycles. The van der Waals surface area contributed by atoms with Crippen molar-refractivity contribution in [2.45, 2.75) is 43.5 Å². The van der Waals surface area contributed by atoms with Gasteiger partial charge in [0, 0.05) is 11.6 Å². The molecular formula is C25H26ClN5O4S. The Morgan fingerprint density at radius 3 is 2.56 bits per heavy atom. The van der Waals surface area contributed by atoms with Crippen LogP contribution < -0.4 is 10.9 Å². The molecule has 0 aliphatic carbocycles. The summed E-state index contributed by atoms with van der Waals surface area (Å²) in [5.74, 6) is -0.206. The third-order valence-electron chi connectivity index (χ3n) is 5.75. The maximum Gasteiger partial charge on any atom is 0.264 e. The number of hydrogen-bond donors (Lipinski definition) is 1. The first-order chi connectivity index (χ1) is 17.1. The molecule has 11 heteroatoms. The number of nitrogens with one attached hydrogen (secondary N) is 1. The Balaban J connectivity index is 1.35. The molecule has 36 heavy (non-hydrogen) atoms. The van der Waals surface area contributed by atoms with E-state index in [4.69, 9.17) is 11.6 Å². The van der Waals surface area contributed by atoms with Crippen molar-refractivity contribution in [1.82, 2.24) is 24.6 Å². The van der Waals surface area contributed by atoms with Gasteiger partial charge in [0.25, 0.3) is 5.56 Å². The largest absolute Gasteiger partial charge is 0.354 e. The predicted octanol–water partition coefficient (Wildman–Crippen LogP) is 2.84. The lowest BCUT2D eigenvalue weighted by atomic mass is 10.1. The van der Waals surface area contributed by atoms with Crippen LogP contribution >= 0.6 is 11.6 Å².